The molecular formula is C16H11NO. The second kappa shape index (κ2) is 3.50. The Balaban J connectivity index is 2.01. The van der Waals surface area contributed by atoms with Gasteiger partial charge in [0.05, 0.1) is 5.69 Å². The van der Waals surface area contributed by atoms with Crippen molar-refractivity contribution in [1.82, 2.24) is 4.98 Å². The van der Waals surface area contributed by atoms with E-state index >= 15 is 0 Å². The topological polar surface area (TPSA) is 28.9 Å². The van der Waals surface area contributed by atoms with E-state index in [4.69, 9.17) is 4.42 Å². The molecule has 0 fully saturated rings. The SMILES string of the molecule is c1ccc2[nH]c(-c3coc4ccccc34)cc2c1. The quantitative estimate of drug-likeness (QED) is 0.512. The molecule has 2 heteroatoms. The first-order valence-corrected chi connectivity index (χ1v) is 5.96. The molecule has 4 rings (SSSR count). The van der Waals surface area contributed by atoms with Crippen molar-refractivity contribution < 1.29 is 4.42 Å². The molecule has 0 spiro atoms. The zero-order valence-electron chi connectivity index (χ0n) is 9.68. The van der Waals surface area contributed by atoms with Crippen LogP contribution in [0.2, 0.25) is 0 Å². The van der Waals surface area contributed by atoms with Crippen LogP contribution < -0.4 is 0 Å². The Hall–Kier alpha value is -2.48. The molecule has 18 heavy (non-hydrogen) atoms. The summed E-state index contributed by atoms with van der Waals surface area (Å²) in [4.78, 5) is 3.43. The van der Waals surface area contributed by atoms with Crippen molar-refractivity contribution >= 4 is 21.9 Å². The largest absolute Gasteiger partial charge is 0.464 e. The van der Waals surface area contributed by atoms with Crippen molar-refractivity contribution in [2.24, 2.45) is 0 Å². The number of H-pyrrole nitrogens is 1. The van der Waals surface area contributed by atoms with Crippen LogP contribution in [-0.4, -0.2) is 4.98 Å². The van der Waals surface area contributed by atoms with E-state index in [1.165, 1.54) is 5.39 Å². The van der Waals surface area contributed by atoms with E-state index in [0.29, 0.717) is 0 Å². The van der Waals surface area contributed by atoms with Crippen LogP contribution in [-0.2, 0) is 0 Å². The van der Waals surface area contributed by atoms with Crippen molar-refractivity contribution in [2.45, 2.75) is 0 Å². The van der Waals surface area contributed by atoms with E-state index in [-0.39, 0.29) is 0 Å². The molecule has 2 aromatic heterocycles. The summed E-state index contributed by atoms with van der Waals surface area (Å²) in [6, 6.07) is 18.5. The van der Waals surface area contributed by atoms with Gasteiger partial charge in [-0.3, -0.25) is 0 Å². The highest BCUT2D eigenvalue weighted by atomic mass is 16.3. The predicted molar refractivity (Wildman–Crippen MR) is 73.5 cm³/mol. The van der Waals surface area contributed by atoms with E-state index in [0.717, 1.165) is 27.7 Å². The van der Waals surface area contributed by atoms with Gasteiger partial charge in [-0.25, -0.2) is 0 Å². The summed E-state index contributed by atoms with van der Waals surface area (Å²) in [6.45, 7) is 0. The summed E-state index contributed by atoms with van der Waals surface area (Å²) >= 11 is 0. The lowest BCUT2D eigenvalue weighted by molar-refractivity contribution is 0.617. The Kier molecular flexibility index (Phi) is 1.86. The van der Waals surface area contributed by atoms with Gasteiger partial charge in [0.15, 0.2) is 0 Å². The molecule has 2 heterocycles. The average molecular weight is 233 g/mol. The van der Waals surface area contributed by atoms with Gasteiger partial charge < -0.3 is 9.40 Å². The van der Waals surface area contributed by atoms with Crippen LogP contribution in [0.15, 0.2) is 65.3 Å². The van der Waals surface area contributed by atoms with Gasteiger partial charge in [0.2, 0.25) is 0 Å². The van der Waals surface area contributed by atoms with Crippen molar-refractivity contribution in [3.05, 3.63) is 60.9 Å². The van der Waals surface area contributed by atoms with Gasteiger partial charge in [0, 0.05) is 21.9 Å². The van der Waals surface area contributed by atoms with Crippen molar-refractivity contribution in [2.75, 3.05) is 0 Å². The van der Waals surface area contributed by atoms with Crippen LogP contribution in [0.25, 0.3) is 33.1 Å². The zero-order chi connectivity index (χ0) is 11.9. The highest BCUT2D eigenvalue weighted by Gasteiger charge is 2.09. The van der Waals surface area contributed by atoms with Crippen LogP contribution in [0.4, 0.5) is 0 Å². The Labute approximate surface area is 104 Å². The van der Waals surface area contributed by atoms with Crippen molar-refractivity contribution in [3.63, 3.8) is 0 Å². The number of hydrogen-bond acceptors (Lipinski definition) is 1. The number of aromatic amines is 1. The van der Waals surface area contributed by atoms with Crippen LogP contribution in [0.5, 0.6) is 0 Å². The molecule has 1 N–H and O–H groups in total. The molecule has 0 saturated heterocycles. The molecular weight excluding hydrogens is 222 g/mol. The molecule has 0 aliphatic heterocycles. The van der Waals surface area contributed by atoms with E-state index in [1.54, 1.807) is 0 Å². The minimum atomic E-state index is 0.922. The van der Waals surface area contributed by atoms with Crippen molar-refractivity contribution in [1.29, 1.82) is 0 Å². The molecule has 4 aromatic rings. The van der Waals surface area contributed by atoms with Gasteiger partial charge >= 0.3 is 0 Å². The minimum absolute atomic E-state index is 0.922. The van der Waals surface area contributed by atoms with Crippen LogP contribution >= 0.6 is 0 Å². The number of nitrogens with one attached hydrogen (secondary N) is 1. The standard InChI is InChI=1S/C16H11NO/c1-3-7-14-11(5-1)9-15(17-14)13-10-18-16-8-4-2-6-12(13)16/h1-10,17H. The fourth-order valence-corrected chi connectivity index (χ4v) is 2.40. The molecule has 0 amide bonds. The Bertz CT molecular complexity index is 805. The van der Waals surface area contributed by atoms with Crippen LogP contribution in [0.3, 0.4) is 0 Å². The highest BCUT2D eigenvalue weighted by Crippen LogP contribution is 2.31. The first-order valence-electron chi connectivity index (χ1n) is 5.96. The second-order valence-corrected chi connectivity index (χ2v) is 4.42. The van der Waals surface area contributed by atoms with E-state index in [2.05, 4.69) is 29.2 Å². The molecule has 0 saturated carbocycles. The summed E-state index contributed by atoms with van der Waals surface area (Å²) in [7, 11) is 0. The number of para-hydroxylation sites is 2. The minimum Gasteiger partial charge on any atom is -0.464 e. The maximum atomic E-state index is 5.58. The van der Waals surface area contributed by atoms with E-state index < -0.39 is 0 Å². The van der Waals surface area contributed by atoms with Gasteiger partial charge in [0.1, 0.15) is 11.8 Å². The van der Waals surface area contributed by atoms with Gasteiger partial charge in [0.25, 0.3) is 0 Å². The lowest BCUT2D eigenvalue weighted by Crippen LogP contribution is -1.73. The second-order valence-electron chi connectivity index (χ2n) is 4.42. The Morgan fingerprint density at radius 2 is 1.72 bits per heavy atom. The number of hydrogen-bond donors (Lipinski definition) is 1. The van der Waals surface area contributed by atoms with E-state index in [1.807, 2.05) is 36.6 Å². The molecule has 0 radical (unpaired) electrons. The lowest BCUT2D eigenvalue weighted by atomic mass is 10.1. The third kappa shape index (κ3) is 1.29. The van der Waals surface area contributed by atoms with Crippen LogP contribution in [0, 0.1) is 0 Å². The summed E-state index contributed by atoms with van der Waals surface area (Å²) in [5.41, 5.74) is 4.28. The first kappa shape index (κ1) is 9.54. The normalized spacial score (nSPS) is 11.3. The molecule has 0 atom stereocenters. The summed E-state index contributed by atoms with van der Waals surface area (Å²) < 4.78 is 5.58. The summed E-state index contributed by atoms with van der Waals surface area (Å²) in [5.74, 6) is 0. The summed E-state index contributed by atoms with van der Waals surface area (Å²) in [5, 5.41) is 2.36. The number of aromatic nitrogens is 1. The lowest BCUT2D eigenvalue weighted by Gasteiger charge is -1.92. The molecule has 2 nitrogen and oxygen atoms in total. The van der Waals surface area contributed by atoms with Crippen LogP contribution in [0.1, 0.15) is 0 Å². The van der Waals surface area contributed by atoms with Gasteiger partial charge in [-0.05, 0) is 18.2 Å². The Morgan fingerprint density at radius 3 is 2.67 bits per heavy atom. The molecule has 86 valence electrons. The van der Waals surface area contributed by atoms with Crippen molar-refractivity contribution in [3.8, 4) is 11.3 Å². The molecule has 0 aliphatic rings. The third-order valence-corrected chi connectivity index (χ3v) is 3.30. The summed E-state index contributed by atoms with van der Waals surface area (Å²) in [6.07, 6.45) is 1.81. The zero-order valence-corrected chi connectivity index (χ0v) is 9.68. The maximum Gasteiger partial charge on any atom is 0.134 e. The molecule has 0 unspecified atom stereocenters. The maximum absolute atomic E-state index is 5.58. The number of benzene rings is 2. The average Bonchev–Trinajstić information content (AvgIpc) is 3.02. The third-order valence-electron chi connectivity index (χ3n) is 3.30. The molecule has 0 bridgehead atoms. The monoisotopic (exact) mass is 233 g/mol. The fourth-order valence-electron chi connectivity index (χ4n) is 2.40. The number of fused-ring (bicyclic) bond motifs is 2. The smallest absolute Gasteiger partial charge is 0.134 e. The highest BCUT2D eigenvalue weighted by molar-refractivity contribution is 5.96. The van der Waals surface area contributed by atoms with Gasteiger partial charge in [-0.15, -0.1) is 0 Å². The predicted octanol–water partition coefficient (Wildman–Crippen LogP) is 4.58. The molecule has 0 aliphatic carbocycles. The molecule has 2 aromatic carbocycles. The van der Waals surface area contributed by atoms with Gasteiger partial charge in [-0.1, -0.05) is 36.4 Å². The number of furan rings is 1. The number of rotatable bonds is 1. The fraction of sp³-hybridized carbons (Fsp3) is 0. The van der Waals surface area contributed by atoms with Gasteiger partial charge in [-0.2, -0.15) is 0 Å². The first-order chi connectivity index (χ1) is 8.92. The van der Waals surface area contributed by atoms with E-state index in [9.17, 15) is 0 Å². The Morgan fingerprint density at radius 1 is 0.889 bits per heavy atom.